The SMILES string of the molecule is COc1cc2c(cc1[C@@H]1C[C@H]1C(N)=O)-c1c(c(C(=O)N(C)C(C)(C)C)nn1-c1cc(Cl)cc(Cl)c1)CO2. The third-order valence-corrected chi connectivity index (χ3v) is 7.54. The molecule has 1 aliphatic heterocycles. The molecular formula is C27H28Cl2N4O4. The van der Waals surface area contributed by atoms with Crippen molar-refractivity contribution in [3.8, 4) is 28.4 Å². The maximum absolute atomic E-state index is 13.6. The summed E-state index contributed by atoms with van der Waals surface area (Å²) in [5, 5.41) is 5.66. The fraction of sp³-hybridized carbons (Fsp3) is 0.370. The minimum atomic E-state index is -0.420. The summed E-state index contributed by atoms with van der Waals surface area (Å²) in [7, 11) is 3.33. The van der Waals surface area contributed by atoms with Crippen molar-refractivity contribution < 1.29 is 19.1 Å². The number of rotatable bonds is 5. The maximum atomic E-state index is 13.6. The fourth-order valence-corrected chi connectivity index (χ4v) is 5.21. The molecule has 194 valence electrons. The molecule has 2 N–H and O–H groups in total. The molecule has 0 radical (unpaired) electrons. The number of methoxy groups -OCH3 is 1. The van der Waals surface area contributed by atoms with E-state index < -0.39 is 5.54 Å². The number of carbonyl (C=O) groups is 2. The van der Waals surface area contributed by atoms with Crippen molar-refractivity contribution in [2.75, 3.05) is 14.2 Å². The van der Waals surface area contributed by atoms with E-state index in [-0.39, 0.29) is 36.0 Å². The van der Waals surface area contributed by atoms with Crippen molar-refractivity contribution in [1.29, 1.82) is 0 Å². The van der Waals surface area contributed by atoms with Crippen molar-refractivity contribution in [1.82, 2.24) is 14.7 Å². The van der Waals surface area contributed by atoms with Crippen LogP contribution in [0.2, 0.25) is 10.0 Å². The van der Waals surface area contributed by atoms with E-state index in [0.717, 1.165) is 11.1 Å². The summed E-state index contributed by atoms with van der Waals surface area (Å²) in [6.07, 6.45) is 0.654. The zero-order valence-electron chi connectivity index (χ0n) is 21.3. The number of primary amides is 1. The van der Waals surface area contributed by atoms with Gasteiger partial charge in [0, 0.05) is 45.7 Å². The van der Waals surface area contributed by atoms with Gasteiger partial charge >= 0.3 is 0 Å². The minimum Gasteiger partial charge on any atom is -0.496 e. The first-order chi connectivity index (χ1) is 17.4. The van der Waals surface area contributed by atoms with Crippen LogP contribution in [0.5, 0.6) is 11.5 Å². The van der Waals surface area contributed by atoms with Gasteiger partial charge in [-0.3, -0.25) is 9.59 Å². The lowest BCUT2D eigenvalue weighted by atomic mass is 9.96. The van der Waals surface area contributed by atoms with E-state index in [9.17, 15) is 9.59 Å². The Morgan fingerprint density at radius 3 is 2.41 bits per heavy atom. The first-order valence-corrected chi connectivity index (χ1v) is 12.7. The lowest BCUT2D eigenvalue weighted by Crippen LogP contribution is -2.43. The summed E-state index contributed by atoms with van der Waals surface area (Å²) >= 11 is 12.7. The van der Waals surface area contributed by atoms with Gasteiger partial charge < -0.3 is 20.1 Å². The van der Waals surface area contributed by atoms with Gasteiger partial charge in [-0.25, -0.2) is 4.68 Å². The van der Waals surface area contributed by atoms with Crippen molar-refractivity contribution in [3.05, 3.63) is 57.2 Å². The van der Waals surface area contributed by atoms with E-state index in [1.165, 1.54) is 0 Å². The number of nitrogens with zero attached hydrogens (tertiary/aromatic N) is 3. The number of halogens is 2. The third kappa shape index (κ3) is 4.42. The molecule has 3 aromatic rings. The minimum absolute atomic E-state index is 0.0479. The second-order valence-corrected chi connectivity index (χ2v) is 11.4. The van der Waals surface area contributed by atoms with Crippen LogP contribution in [0.25, 0.3) is 16.9 Å². The Bertz CT molecular complexity index is 1420. The number of fused-ring (bicyclic) bond motifs is 3. The molecule has 2 aliphatic rings. The van der Waals surface area contributed by atoms with E-state index in [0.29, 0.717) is 44.9 Å². The van der Waals surface area contributed by atoms with E-state index in [2.05, 4.69) is 0 Å². The van der Waals surface area contributed by atoms with Crippen molar-refractivity contribution in [2.24, 2.45) is 11.7 Å². The van der Waals surface area contributed by atoms with E-state index >= 15 is 0 Å². The predicted octanol–water partition coefficient (Wildman–Crippen LogP) is 5.21. The Morgan fingerprint density at radius 1 is 1.16 bits per heavy atom. The highest BCUT2D eigenvalue weighted by Gasteiger charge is 2.45. The van der Waals surface area contributed by atoms with Crippen LogP contribution in [0.3, 0.4) is 0 Å². The fourth-order valence-electron chi connectivity index (χ4n) is 4.70. The van der Waals surface area contributed by atoms with Crippen LogP contribution in [-0.4, -0.2) is 46.2 Å². The highest BCUT2D eigenvalue weighted by atomic mass is 35.5. The van der Waals surface area contributed by atoms with Gasteiger partial charge in [-0.15, -0.1) is 0 Å². The van der Waals surface area contributed by atoms with Crippen LogP contribution in [0, 0.1) is 5.92 Å². The van der Waals surface area contributed by atoms with Gasteiger partial charge in [0.2, 0.25) is 5.91 Å². The Balaban J connectivity index is 1.74. The predicted molar refractivity (Wildman–Crippen MR) is 142 cm³/mol. The standard InChI is InChI=1S/C27H28Cl2N4O4/c1-27(2,3)32(4)26(35)23-20-12-37-22-11-21(36-5)17(16-9-18(16)25(30)34)10-19(22)24(20)33(31-23)15-7-13(28)6-14(29)8-15/h6-8,10-11,16,18H,9,12H2,1-5H3,(H2,30,34)/t16-,18+/m0/s1. The number of amides is 2. The molecule has 1 fully saturated rings. The van der Waals surface area contributed by atoms with Gasteiger partial charge in [0.1, 0.15) is 18.1 Å². The molecule has 10 heteroatoms. The van der Waals surface area contributed by atoms with Crippen LogP contribution in [-0.2, 0) is 11.4 Å². The Kier molecular flexibility index (Phi) is 6.15. The third-order valence-electron chi connectivity index (χ3n) is 7.10. The average Bonchev–Trinajstić information content (AvgIpc) is 3.54. The Morgan fingerprint density at radius 2 is 1.84 bits per heavy atom. The van der Waals surface area contributed by atoms with Crippen LogP contribution < -0.4 is 15.2 Å². The monoisotopic (exact) mass is 542 g/mol. The summed E-state index contributed by atoms with van der Waals surface area (Å²) in [6.45, 7) is 6.02. The van der Waals surface area contributed by atoms with Crippen LogP contribution in [0.15, 0.2) is 30.3 Å². The maximum Gasteiger partial charge on any atom is 0.274 e. The molecule has 2 heterocycles. The molecule has 1 aliphatic carbocycles. The van der Waals surface area contributed by atoms with E-state index in [1.54, 1.807) is 41.9 Å². The lowest BCUT2D eigenvalue weighted by molar-refractivity contribution is -0.119. The summed E-state index contributed by atoms with van der Waals surface area (Å²) in [5.41, 5.74) is 8.99. The smallest absolute Gasteiger partial charge is 0.274 e. The van der Waals surface area contributed by atoms with Gasteiger partial charge in [-0.2, -0.15) is 5.10 Å². The largest absolute Gasteiger partial charge is 0.496 e. The highest BCUT2D eigenvalue weighted by molar-refractivity contribution is 6.34. The molecule has 1 saturated carbocycles. The van der Waals surface area contributed by atoms with Crippen molar-refractivity contribution in [2.45, 2.75) is 45.3 Å². The molecule has 8 nitrogen and oxygen atoms in total. The number of ether oxygens (including phenoxy) is 2. The molecule has 1 aromatic heterocycles. The number of hydrogen-bond acceptors (Lipinski definition) is 5. The Hall–Kier alpha value is -3.23. The van der Waals surface area contributed by atoms with Gasteiger partial charge in [0.25, 0.3) is 5.91 Å². The lowest BCUT2D eigenvalue weighted by Gasteiger charge is -2.31. The van der Waals surface area contributed by atoms with Crippen molar-refractivity contribution >= 4 is 35.0 Å². The number of aromatic nitrogens is 2. The highest BCUT2D eigenvalue weighted by Crippen LogP contribution is 2.53. The molecule has 5 rings (SSSR count). The molecule has 2 aromatic carbocycles. The summed E-state index contributed by atoms with van der Waals surface area (Å²) in [4.78, 5) is 27.1. The second kappa shape index (κ2) is 8.96. The second-order valence-electron chi connectivity index (χ2n) is 10.5. The molecule has 0 spiro atoms. The number of benzene rings is 2. The van der Waals surface area contributed by atoms with Crippen molar-refractivity contribution in [3.63, 3.8) is 0 Å². The number of carbonyl (C=O) groups excluding carboxylic acids is 2. The molecule has 37 heavy (non-hydrogen) atoms. The van der Waals surface area contributed by atoms with Gasteiger partial charge in [0.15, 0.2) is 5.69 Å². The van der Waals surface area contributed by atoms with Gasteiger partial charge in [-0.1, -0.05) is 23.2 Å². The summed E-state index contributed by atoms with van der Waals surface area (Å²) in [6, 6.07) is 8.89. The molecule has 0 bridgehead atoms. The Labute approximate surface area is 225 Å². The van der Waals surface area contributed by atoms with E-state index in [4.69, 9.17) is 43.5 Å². The molecular weight excluding hydrogens is 515 g/mol. The van der Waals surface area contributed by atoms with E-state index in [1.807, 2.05) is 32.9 Å². The van der Waals surface area contributed by atoms with Crippen LogP contribution in [0.1, 0.15) is 54.7 Å². The zero-order valence-corrected chi connectivity index (χ0v) is 22.8. The van der Waals surface area contributed by atoms with Crippen LogP contribution in [0.4, 0.5) is 0 Å². The summed E-state index contributed by atoms with van der Waals surface area (Å²) in [5.74, 6) is 0.350. The topological polar surface area (TPSA) is 99.7 Å². The normalized spacial score (nSPS) is 17.9. The number of hydrogen-bond donors (Lipinski definition) is 1. The molecule has 2 amide bonds. The van der Waals surface area contributed by atoms with Gasteiger partial charge in [-0.05, 0) is 62.9 Å². The summed E-state index contributed by atoms with van der Waals surface area (Å²) < 4.78 is 13.5. The number of nitrogens with two attached hydrogens (primary N) is 1. The molecule has 0 saturated heterocycles. The zero-order chi connectivity index (χ0) is 26.8. The molecule has 0 unspecified atom stereocenters. The van der Waals surface area contributed by atoms with Crippen LogP contribution >= 0.6 is 23.2 Å². The average molecular weight is 543 g/mol. The first kappa shape index (κ1) is 25.4. The quantitative estimate of drug-likeness (QED) is 0.477. The molecule has 2 atom stereocenters. The first-order valence-electron chi connectivity index (χ1n) is 11.9. The van der Waals surface area contributed by atoms with Gasteiger partial charge in [0.05, 0.1) is 18.5 Å².